The van der Waals surface area contributed by atoms with Gasteiger partial charge in [-0.1, -0.05) is 58.1 Å². The van der Waals surface area contributed by atoms with Crippen LogP contribution in [0.15, 0.2) is 23.3 Å². The quantitative estimate of drug-likeness (QED) is 0.592. The van der Waals surface area contributed by atoms with Crippen LogP contribution in [0.4, 0.5) is 4.39 Å². The zero-order chi connectivity index (χ0) is 13.9. The standard InChI is InChI=1S/C16H26BF/c1-10-8-11(2)13(18)12(9-10)17(7)14-15(3,4)16(14,5)6/h8-9,12-14H,1-7H3. The molecule has 0 heterocycles. The third-order valence-corrected chi connectivity index (χ3v) is 5.95. The maximum absolute atomic E-state index is 14.4. The smallest absolute Gasteiger partial charge is 0.152 e. The number of rotatable bonds is 2. The Morgan fingerprint density at radius 2 is 1.61 bits per heavy atom. The van der Waals surface area contributed by atoms with Crippen molar-refractivity contribution in [1.82, 2.24) is 0 Å². The Labute approximate surface area is 112 Å². The van der Waals surface area contributed by atoms with Gasteiger partial charge < -0.3 is 0 Å². The molecule has 100 valence electrons. The lowest BCUT2D eigenvalue weighted by atomic mass is 9.35. The van der Waals surface area contributed by atoms with Crippen molar-refractivity contribution in [2.24, 2.45) is 10.8 Å². The van der Waals surface area contributed by atoms with Crippen LogP contribution in [0.5, 0.6) is 0 Å². The Morgan fingerprint density at radius 3 is 2.06 bits per heavy atom. The number of halogens is 1. The number of hydrogen-bond donors (Lipinski definition) is 0. The number of alkyl halides is 1. The van der Waals surface area contributed by atoms with E-state index in [4.69, 9.17) is 0 Å². The Kier molecular flexibility index (Phi) is 3.07. The second-order valence-electron chi connectivity index (χ2n) is 7.56. The molecule has 1 saturated carbocycles. The highest BCUT2D eigenvalue weighted by Crippen LogP contribution is 2.75. The van der Waals surface area contributed by atoms with Crippen LogP contribution in [0.2, 0.25) is 18.5 Å². The van der Waals surface area contributed by atoms with Gasteiger partial charge in [0.25, 0.3) is 0 Å². The van der Waals surface area contributed by atoms with E-state index in [1.165, 1.54) is 5.57 Å². The molecule has 0 radical (unpaired) electrons. The van der Waals surface area contributed by atoms with Crippen molar-refractivity contribution in [2.45, 2.75) is 66.2 Å². The Hall–Kier alpha value is -0.525. The second kappa shape index (κ2) is 3.98. The Balaban J connectivity index is 2.22. The molecule has 2 aliphatic rings. The van der Waals surface area contributed by atoms with Gasteiger partial charge in [0.2, 0.25) is 0 Å². The van der Waals surface area contributed by atoms with Crippen LogP contribution >= 0.6 is 0 Å². The summed E-state index contributed by atoms with van der Waals surface area (Å²) in [7, 11) is 0. The molecule has 0 aromatic carbocycles. The molecule has 2 heteroatoms. The summed E-state index contributed by atoms with van der Waals surface area (Å²) in [5.41, 5.74) is 2.78. The molecule has 0 aliphatic heterocycles. The molecule has 2 unspecified atom stereocenters. The molecule has 2 rings (SSSR count). The molecule has 2 atom stereocenters. The predicted molar refractivity (Wildman–Crippen MR) is 79.1 cm³/mol. The van der Waals surface area contributed by atoms with Crippen LogP contribution in [-0.2, 0) is 0 Å². The highest BCUT2D eigenvalue weighted by Gasteiger charge is 2.67. The van der Waals surface area contributed by atoms with Gasteiger partial charge in [-0.2, -0.15) is 0 Å². The molecular weight excluding hydrogens is 222 g/mol. The lowest BCUT2D eigenvalue weighted by Crippen LogP contribution is -2.28. The van der Waals surface area contributed by atoms with E-state index in [2.05, 4.69) is 47.5 Å². The molecule has 18 heavy (non-hydrogen) atoms. The summed E-state index contributed by atoms with van der Waals surface area (Å²) >= 11 is 0. The minimum absolute atomic E-state index is 0.0565. The topological polar surface area (TPSA) is 0 Å². The monoisotopic (exact) mass is 248 g/mol. The van der Waals surface area contributed by atoms with Crippen molar-refractivity contribution in [1.29, 1.82) is 0 Å². The molecule has 0 aromatic rings. The van der Waals surface area contributed by atoms with Crippen LogP contribution in [-0.4, -0.2) is 12.9 Å². The van der Waals surface area contributed by atoms with Gasteiger partial charge in [0.1, 0.15) is 6.17 Å². The van der Waals surface area contributed by atoms with Crippen LogP contribution < -0.4 is 0 Å². The van der Waals surface area contributed by atoms with E-state index in [0.29, 0.717) is 23.4 Å². The van der Waals surface area contributed by atoms with Crippen LogP contribution in [0.3, 0.4) is 0 Å². The zero-order valence-corrected chi connectivity index (χ0v) is 12.8. The summed E-state index contributed by atoms with van der Waals surface area (Å²) in [5, 5.41) is 0. The van der Waals surface area contributed by atoms with Crippen LogP contribution in [0.1, 0.15) is 41.5 Å². The minimum atomic E-state index is -0.795. The summed E-state index contributed by atoms with van der Waals surface area (Å²) in [5.74, 6) is 0.671. The normalized spacial score (nSPS) is 33.8. The van der Waals surface area contributed by atoms with Crippen molar-refractivity contribution in [2.75, 3.05) is 0 Å². The SMILES string of the molecule is CB(C1C=C(C)C=C(C)C1F)C1C(C)(C)C1(C)C. The van der Waals surface area contributed by atoms with Crippen molar-refractivity contribution >= 4 is 6.71 Å². The summed E-state index contributed by atoms with van der Waals surface area (Å²) in [6.07, 6.45) is 3.33. The molecular formula is C16H26BF. The average molecular weight is 248 g/mol. The van der Waals surface area contributed by atoms with Gasteiger partial charge in [0, 0.05) is 0 Å². The van der Waals surface area contributed by atoms with Crippen molar-refractivity contribution in [3.63, 3.8) is 0 Å². The lowest BCUT2D eigenvalue weighted by Gasteiger charge is -2.28. The van der Waals surface area contributed by atoms with E-state index in [1.807, 2.05) is 13.0 Å². The lowest BCUT2D eigenvalue weighted by molar-refractivity contribution is 0.377. The van der Waals surface area contributed by atoms with Gasteiger partial charge in [0.05, 0.1) is 0 Å². The second-order valence-corrected chi connectivity index (χ2v) is 7.56. The van der Waals surface area contributed by atoms with Crippen molar-refractivity contribution < 1.29 is 4.39 Å². The number of hydrogen-bond acceptors (Lipinski definition) is 0. The zero-order valence-electron chi connectivity index (χ0n) is 12.8. The molecule has 1 fully saturated rings. The van der Waals surface area contributed by atoms with Crippen LogP contribution in [0, 0.1) is 10.8 Å². The largest absolute Gasteiger partial charge is 0.243 e. The fourth-order valence-corrected chi connectivity index (χ4v) is 4.38. The molecule has 0 saturated heterocycles. The summed E-state index contributed by atoms with van der Waals surface area (Å²) in [6.45, 7) is 15.9. The maximum Gasteiger partial charge on any atom is 0.152 e. The minimum Gasteiger partial charge on any atom is -0.243 e. The van der Waals surface area contributed by atoms with Crippen molar-refractivity contribution in [3.8, 4) is 0 Å². The van der Waals surface area contributed by atoms with E-state index in [0.717, 1.165) is 5.57 Å². The van der Waals surface area contributed by atoms with Gasteiger partial charge in [-0.25, -0.2) is 4.39 Å². The molecule has 0 amide bonds. The Bertz CT molecular complexity index is 403. The molecule has 2 aliphatic carbocycles. The maximum atomic E-state index is 14.4. The molecule has 0 aromatic heterocycles. The fraction of sp³-hybridized carbons (Fsp3) is 0.750. The summed E-state index contributed by atoms with van der Waals surface area (Å²) in [4.78, 5) is 0. The first-order valence-corrected chi connectivity index (χ1v) is 7.11. The highest BCUT2D eigenvalue weighted by molar-refractivity contribution is 6.63. The van der Waals surface area contributed by atoms with Gasteiger partial charge in [0.15, 0.2) is 6.71 Å². The van der Waals surface area contributed by atoms with Gasteiger partial charge >= 0.3 is 0 Å². The van der Waals surface area contributed by atoms with E-state index in [9.17, 15) is 4.39 Å². The van der Waals surface area contributed by atoms with Gasteiger partial charge in [-0.05, 0) is 36.1 Å². The first kappa shape index (κ1) is 13.9. The third-order valence-electron chi connectivity index (χ3n) is 5.95. The third kappa shape index (κ3) is 1.80. The molecule has 0 N–H and O–H groups in total. The van der Waals surface area contributed by atoms with Crippen LogP contribution in [0.25, 0.3) is 0 Å². The fourth-order valence-electron chi connectivity index (χ4n) is 4.38. The van der Waals surface area contributed by atoms with Crippen molar-refractivity contribution in [3.05, 3.63) is 23.3 Å². The molecule has 0 bridgehead atoms. The van der Waals surface area contributed by atoms with Gasteiger partial charge in [-0.15, -0.1) is 0 Å². The van der Waals surface area contributed by atoms with E-state index in [1.54, 1.807) is 0 Å². The first-order chi connectivity index (χ1) is 8.10. The average Bonchev–Trinajstić information content (AvgIpc) is 2.62. The number of allylic oxidation sites excluding steroid dienone is 4. The Morgan fingerprint density at radius 1 is 1.11 bits per heavy atom. The summed E-state index contributed by atoms with van der Waals surface area (Å²) in [6, 6.07) is 0. The van der Waals surface area contributed by atoms with Gasteiger partial charge in [-0.3, -0.25) is 0 Å². The molecule has 0 spiro atoms. The van der Waals surface area contributed by atoms with E-state index >= 15 is 0 Å². The highest BCUT2D eigenvalue weighted by atomic mass is 19.1. The predicted octanol–water partition coefficient (Wildman–Crippen LogP) is 5.16. The van der Waals surface area contributed by atoms with E-state index < -0.39 is 6.17 Å². The first-order valence-electron chi connectivity index (χ1n) is 7.11. The molecule has 0 nitrogen and oxygen atoms in total. The summed E-state index contributed by atoms with van der Waals surface area (Å²) < 4.78 is 14.4. The van der Waals surface area contributed by atoms with E-state index in [-0.39, 0.29) is 5.82 Å².